The minimum Gasteiger partial charge on any atom is -0.374 e. The molecule has 1 heterocycles. The van der Waals surface area contributed by atoms with E-state index in [1.807, 2.05) is 44.2 Å². The van der Waals surface area contributed by atoms with E-state index >= 15 is 0 Å². The number of hydrogen-bond donors (Lipinski definition) is 2. The number of nitrogens with zero attached hydrogens (tertiary/aromatic N) is 1. The van der Waals surface area contributed by atoms with Crippen molar-refractivity contribution in [2.45, 2.75) is 39.7 Å². The summed E-state index contributed by atoms with van der Waals surface area (Å²) in [5.41, 5.74) is 4.44. The zero-order valence-electron chi connectivity index (χ0n) is 15.8. The van der Waals surface area contributed by atoms with Crippen molar-refractivity contribution < 1.29 is 9.59 Å². The van der Waals surface area contributed by atoms with Gasteiger partial charge in [-0.3, -0.25) is 9.59 Å². The van der Waals surface area contributed by atoms with Gasteiger partial charge in [0.1, 0.15) is 6.04 Å². The second-order valence-electron chi connectivity index (χ2n) is 6.99. The molecule has 1 saturated heterocycles. The van der Waals surface area contributed by atoms with Crippen LogP contribution in [-0.4, -0.2) is 24.4 Å². The molecular weight excluding hydrogens is 362 g/mol. The van der Waals surface area contributed by atoms with Crippen LogP contribution in [0.5, 0.6) is 0 Å². The molecule has 0 saturated carbocycles. The number of hydrogen-bond acceptors (Lipinski definition) is 3. The van der Waals surface area contributed by atoms with Crippen LogP contribution in [0.2, 0.25) is 5.02 Å². The Kier molecular flexibility index (Phi) is 5.71. The maximum Gasteiger partial charge on any atom is 0.246 e. The standard InChI is InChI=1S/C21H24ClN3O2/c1-13-6-8-18(14(2)11-13)24-21(27)15(3)23-16-7-9-19(17(22)12-16)25-10-4-5-20(25)26/h6-9,11-12,15,23H,4-5,10H2,1-3H3,(H,24,27). The van der Waals surface area contributed by atoms with Crippen LogP contribution < -0.4 is 15.5 Å². The van der Waals surface area contributed by atoms with Crippen LogP contribution >= 0.6 is 11.6 Å². The number of carbonyl (C=O) groups is 2. The first-order valence-corrected chi connectivity index (χ1v) is 9.47. The first kappa shape index (κ1) is 19.2. The minimum atomic E-state index is -0.443. The molecule has 2 aromatic carbocycles. The summed E-state index contributed by atoms with van der Waals surface area (Å²) in [5, 5.41) is 6.61. The normalized spacial score (nSPS) is 15.0. The molecule has 1 atom stereocenters. The lowest BCUT2D eigenvalue weighted by atomic mass is 10.1. The summed E-state index contributed by atoms with van der Waals surface area (Å²) < 4.78 is 0. The van der Waals surface area contributed by atoms with Crippen molar-refractivity contribution in [3.8, 4) is 0 Å². The Morgan fingerprint density at radius 3 is 2.59 bits per heavy atom. The van der Waals surface area contributed by atoms with Gasteiger partial charge >= 0.3 is 0 Å². The first-order chi connectivity index (χ1) is 12.8. The Labute approximate surface area is 164 Å². The SMILES string of the molecule is Cc1ccc(NC(=O)C(C)Nc2ccc(N3CCCC3=O)c(Cl)c2)c(C)c1. The van der Waals surface area contributed by atoms with Crippen LogP contribution in [0.3, 0.4) is 0 Å². The van der Waals surface area contributed by atoms with E-state index in [-0.39, 0.29) is 11.8 Å². The van der Waals surface area contributed by atoms with Gasteiger partial charge in [0, 0.05) is 24.3 Å². The van der Waals surface area contributed by atoms with Crippen molar-refractivity contribution in [2.24, 2.45) is 0 Å². The van der Waals surface area contributed by atoms with Gasteiger partial charge < -0.3 is 15.5 Å². The van der Waals surface area contributed by atoms with Crippen molar-refractivity contribution >= 4 is 40.5 Å². The molecule has 1 aliphatic heterocycles. The summed E-state index contributed by atoms with van der Waals surface area (Å²) in [6.07, 6.45) is 1.41. The summed E-state index contributed by atoms with van der Waals surface area (Å²) in [6, 6.07) is 10.9. The summed E-state index contributed by atoms with van der Waals surface area (Å²) >= 11 is 6.37. The van der Waals surface area contributed by atoms with Gasteiger partial charge in [-0.15, -0.1) is 0 Å². The average molecular weight is 386 g/mol. The van der Waals surface area contributed by atoms with Crippen molar-refractivity contribution in [1.82, 2.24) is 0 Å². The third-order valence-corrected chi connectivity index (χ3v) is 5.03. The van der Waals surface area contributed by atoms with Crippen LogP contribution in [-0.2, 0) is 9.59 Å². The van der Waals surface area contributed by atoms with Crippen LogP contribution in [0.15, 0.2) is 36.4 Å². The predicted octanol–water partition coefficient (Wildman–Crippen LogP) is 4.52. The van der Waals surface area contributed by atoms with E-state index in [0.29, 0.717) is 18.0 Å². The number of nitrogens with one attached hydrogen (secondary N) is 2. The van der Waals surface area contributed by atoms with Crippen LogP contribution in [0.25, 0.3) is 0 Å². The molecule has 0 bridgehead atoms. The molecule has 0 spiro atoms. The third kappa shape index (κ3) is 4.42. The molecule has 142 valence electrons. The molecule has 2 amide bonds. The Bertz CT molecular complexity index is 882. The second-order valence-corrected chi connectivity index (χ2v) is 7.40. The zero-order chi connectivity index (χ0) is 19.6. The van der Waals surface area contributed by atoms with E-state index in [1.165, 1.54) is 0 Å². The van der Waals surface area contributed by atoms with Crippen molar-refractivity contribution in [3.05, 3.63) is 52.5 Å². The number of anilines is 3. The maximum absolute atomic E-state index is 12.5. The highest BCUT2D eigenvalue weighted by Gasteiger charge is 2.24. The third-order valence-electron chi connectivity index (χ3n) is 4.73. The Morgan fingerprint density at radius 1 is 1.19 bits per heavy atom. The minimum absolute atomic E-state index is 0.0961. The number of aryl methyl sites for hydroxylation is 2. The molecule has 0 aromatic heterocycles. The largest absolute Gasteiger partial charge is 0.374 e. The van der Waals surface area contributed by atoms with E-state index in [4.69, 9.17) is 11.6 Å². The highest BCUT2D eigenvalue weighted by atomic mass is 35.5. The molecule has 3 rings (SSSR count). The summed E-state index contributed by atoms with van der Waals surface area (Å²) in [4.78, 5) is 26.1. The summed E-state index contributed by atoms with van der Waals surface area (Å²) in [6.45, 7) is 6.48. The molecule has 1 unspecified atom stereocenters. The van der Waals surface area contributed by atoms with Gasteiger partial charge in [-0.25, -0.2) is 0 Å². The fraction of sp³-hybridized carbons (Fsp3) is 0.333. The Hall–Kier alpha value is -2.53. The van der Waals surface area contributed by atoms with Gasteiger partial charge in [-0.2, -0.15) is 0 Å². The van der Waals surface area contributed by atoms with Crippen molar-refractivity contribution in [3.63, 3.8) is 0 Å². The van der Waals surface area contributed by atoms with E-state index in [1.54, 1.807) is 17.9 Å². The van der Waals surface area contributed by atoms with Crippen molar-refractivity contribution in [1.29, 1.82) is 0 Å². The fourth-order valence-electron chi connectivity index (χ4n) is 3.23. The quantitative estimate of drug-likeness (QED) is 0.795. The lowest BCUT2D eigenvalue weighted by molar-refractivity contribution is -0.117. The van der Waals surface area contributed by atoms with Crippen molar-refractivity contribution in [2.75, 3.05) is 22.1 Å². The van der Waals surface area contributed by atoms with Gasteiger partial charge in [-0.1, -0.05) is 29.3 Å². The lowest BCUT2D eigenvalue weighted by Gasteiger charge is -2.20. The van der Waals surface area contributed by atoms with Gasteiger partial charge in [0.05, 0.1) is 10.7 Å². The molecule has 27 heavy (non-hydrogen) atoms. The van der Waals surface area contributed by atoms with Gasteiger partial charge in [-0.05, 0) is 57.0 Å². The number of halogens is 1. The average Bonchev–Trinajstić information content (AvgIpc) is 3.03. The maximum atomic E-state index is 12.5. The Morgan fingerprint density at radius 2 is 1.96 bits per heavy atom. The van der Waals surface area contributed by atoms with E-state index in [9.17, 15) is 9.59 Å². The molecule has 1 aliphatic rings. The number of carbonyl (C=O) groups excluding carboxylic acids is 2. The van der Waals surface area contributed by atoms with Gasteiger partial charge in [0.2, 0.25) is 11.8 Å². The number of benzene rings is 2. The van der Waals surface area contributed by atoms with E-state index < -0.39 is 6.04 Å². The summed E-state index contributed by atoms with van der Waals surface area (Å²) in [5.74, 6) is -0.0318. The second kappa shape index (κ2) is 8.01. The molecule has 0 radical (unpaired) electrons. The molecule has 6 heteroatoms. The monoisotopic (exact) mass is 385 g/mol. The topological polar surface area (TPSA) is 61.4 Å². The smallest absolute Gasteiger partial charge is 0.246 e. The number of amides is 2. The van der Waals surface area contributed by atoms with E-state index in [2.05, 4.69) is 10.6 Å². The summed E-state index contributed by atoms with van der Waals surface area (Å²) in [7, 11) is 0. The van der Waals surface area contributed by atoms with E-state index in [0.717, 1.165) is 34.6 Å². The molecule has 2 aromatic rings. The Balaban J connectivity index is 1.66. The molecule has 2 N–H and O–H groups in total. The molecule has 5 nitrogen and oxygen atoms in total. The molecular formula is C21H24ClN3O2. The van der Waals surface area contributed by atoms with Gasteiger partial charge in [0.15, 0.2) is 0 Å². The predicted molar refractivity (Wildman–Crippen MR) is 111 cm³/mol. The fourth-order valence-corrected chi connectivity index (χ4v) is 3.51. The van der Waals surface area contributed by atoms with Crippen LogP contribution in [0.1, 0.15) is 30.9 Å². The highest BCUT2D eigenvalue weighted by Crippen LogP contribution is 2.32. The molecule has 0 aliphatic carbocycles. The lowest BCUT2D eigenvalue weighted by Crippen LogP contribution is -2.32. The zero-order valence-corrected chi connectivity index (χ0v) is 16.6. The van der Waals surface area contributed by atoms with Crippen LogP contribution in [0.4, 0.5) is 17.1 Å². The number of rotatable bonds is 5. The van der Waals surface area contributed by atoms with Crippen LogP contribution in [0, 0.1) is 13.8 Å². The molecule has 1 fully saturated rings. The highest BCUT2D eigenvalue weighted by molar-refractivity contribution is 6.34. The first-order valence-electron chi connectivity index (χ1n) is 9.09. The van der Waals surface area contributed by atoms with Gasteiger partial charge in [0.25, 0.3) is 0 Å².